The van der Waals surface area contributed by atoms with Crippen LogP contribution in [-0.4, -0.2) is 16.7 Å². The van der Waals surface area contributed by atoms with Crippen molar-refractivity contribution >= 4 is 0 Å². The zero-order valence-corrected chi connectivity index (χ0v) is 9.88. The van der Waals surface area contributed by atoms with Crippen molar-refractivity contribution in [2.45, 2.75) is 13.5 Å². The van der Waals surface area contributed by atoms with Crippen molar-refractivity contribution in [1.29, 1.82) is 0 Å². The summed E-state index contributed by atoms with van der Waals surface area (Å²) < 4.78 is 6.65. The number of nitrogens with zero attached hydrogens (tertiary/aromatic N) is 2. The van der Waals surface area contributed by atoms with Gasteiger partial charge in [0, 0.05) is 11.8 Å². The average Bonchev–Trinajstić information content (AvgIpc) is 2.33. The maximum absolute atomic E-state index is 11.9. The minimum atomic E-state index is -0.0989. The molecule has 0 N–H and O–H groups in total. The highest BCUT2D eigenvalue weighted by atomic mass is 16.5. The molecule has 1 aromatic heterocycles. The molecule has 0 aliphatic carbocycles. The predicted octanol–water partition coefficient (Wildman–Crippen LogP) is 1.61. The van der Waals surface area contributed by atoms with Gasteiger partial charge in [-0.05, 0) is 12.5 Å². The first-order chi connectivity index (χ1) is 8.20. The molecule has 1 heterocycles. The van der Waals surface area contributed by atoms with Crippen molar-refractivity contribution in [3.8, 4) is 6.01 Å². The van der Waals surface area contributed by atoms with Crippen LogP contribution < -0.4 is 10.3 Å². The van der Waals surface area contributed by atoms with Crippen LogP contribution in [0.3, 0.4) is 0 Å². The Kier molecular flexibility index (Phi) is 3.23. The molecule has 88 valence electrons. The van der Waals surface area contributed by atoms with E-state index in [1.54, 1.807) is 6.92 Å². The minimum Gasteiger partial charge on any atom is -0.468 e. The van der Waals surface area contributed by atoms with Crippen molar-refractivity contribution in [2.24, 2.45) is 0 Å². The second-order valence-electron chi connectivity index (χ2n) is 3.79. The fourth-order valence-corrected chi connectivity index (χ4v) is 1.66. The maximum Gasteiger partial charge on any atom is 0.299 e. The second-order valence-corrected chi connectivity index (χ2v) is 3.79. The molecule has 0 aliphatic heterocycles. The Morgan fingerprint density at radius 3 is 2.65 bits per heavy atom. The van der Waals surface area contributed by atoms with Gasteiger partial charge in [-0.25, -0.2) is 4.98 Å². The smallest absolute Gasteiger partial charge is 0.299 e. The molecule has 17 heavy (non-hydrogen) atoms. The molecule has 0 atom stereocenters. The zero-order chi connectivity index (χ0) is 12.3. The Morgan fingerprint density at radius 2 is 2.00 bits per heavy atom. The highest BCUT2D eigenvalue weighted by molar-refractivity contribution is 5.17. The van der Waals surface area contributed by atoms with Crippen LogP contribution in [0.5, 0.6) is 6.01 Å². The van der Waals surface area contributed by atoms with Gasteiger partial charge in [0.1, 0.15) is 0 Å². The lowest BCUT2D eigenvalue weighted by atomic mass is 10.2. The van der Waals surface area contributed by atoms with Gasteiger partial charge < -0.3 is 4.74 Å². The van der Waals surface area contributed by atoms with E-state index >= 15 is 0 Å². The molecule has 2 aromatic rings. The monoisotopic (exact) mass is 230 g/mol. The van der Waals surface area contributed by atoms with Gasteiger partial charge in [-0.3, -0.25) is 9.36 Å². The number of benzene rings is 1. The van der Waals surface area contributed by atoms with Crippen LogP contribution in [0, 0.1) is 6.92 Å². The van der Waals surface area contributed by atoms with E-state index in [0.29, 0.717) is 18.2 Å². The summed E-state index contributed by atoms with van der Waals surface area (Å²) >= 11 is 0. The average molecular weight is 230 g/mol. The summed E-state index contributed by atoms with van der Waals surface area (Å²) in [6.07, 6.45) is 0. The van der Waals surface area contributed by atoms with Crippen LogP contribution in [0.2, 0.25) is 0 Å². The van der Waals surface area contributed by atoms with Gasteiger partial charge in [-0.1, -0.05) is 30.3 Å². The molecule has 4 heteroatoms. The highest BCUT2D eigenvalue weighted by Crippen LogP contribution is 2.08. The Hall–Kier alpha value is -2.10. The molecule has 0 spiro atoms. The summed E-state index contributed by atoms with van der Waals surface area (Å²) in [7, 11) is 1.52. The van der Waals surface area contributed by atoms with Gasteiger partial charge in [0.25, 0.3) is 11.6 Å². The van der Waals surface area contributed by atoms with Crippen molar-refractivity contribution in [3.05, 3.63) is 58.0 Å². The van der Waals surface area contributed by atoms with E-state index in [1.165, 1.54) is 17.7 Å². The fraction of sp³-hybridized carbons (Fsp3) is 0.231. The Labute approximate surface area is 99.5 Å². The number of hydrogen-bond acceptors (Lipinski definition) is 3. The Balaban J connectivity index is 2.42. The highest BCUT2D eigenvalue weighted by Gasteiger charge is 2.07. The molecule has 0 saturated heterocycles. The predicted molar refractivity (Wildman–Crippen MR) is 65.3 cm³/mol. The van der Waals surface area contributed by atoms with Gasteiger partial charge in [0.15, 0.2) is 0 Å². The fourth-order valence-electron chi connectivity index (χ4n) is 1.66. The molecule has 0 fully saturated rings. The summed E-state index contributed by atoms with van der Waals surface area (Å²) in [6, 6.07) is 11.6. The first-order valence-electron chi connectivity index (χ1n) is 5.37. The standard InChI is InChI=1S/C13H14N2O2/c1-10-8-12(16)15(13(14-10)17-2)9-11-6-4-3-5-7-11/h3-8H,9H2,1-2H3. The zero-order valence-electron chi connectivity index (χ0n) is 9.88. The largest absolute Gasteiger partial charge is 0.468 e. The summed E-state index contributed by atoms with van der Waals surface area (Å²) in [5.41, 5.74) is 1.60. The third kappa shape index (κ3) is 2.53. The molecule has 0 amide bonds. The molecule has 0 unspecified atom stereocenters. The lowest BCUT2D eigenvalue weighted by Gasteiger charge is -2.10. The second kappa shape index (κ2) is 4.82. The number of methoxy groups -OCH3 is 1. The van der Waals surface area contributed by atoms with E-state index in [9.17, 15) is 4.79 Å². The molecule has 0 radical (unpaired) electrons. The maximum atomic E-state index is 11.9. The summed E-state index contributed by atoms with van der Waals surface area (Å²) in [5, 5.41) is 0. The van der Waals surface area contributed by atoms with E-state index in [1.807, 2.05) is 30.3 Å². The van der Waals surface area contributed by atoms with Crippen molar-refractivity contribution in [2.75, 3.05) is 7.11 Å². The number of rotatable bonds is 3. The summed E-state index contributed by atoms with van der Waals surface area (Å²) in [4.78, 5) is 16.1. The van der Waals surface area contributed by atoms with Crippen molar-refractivity contribution in [3.63, 3.8) is 0 Å². The summed E-state index contributed by atoms with van der Waals surface area (Å²) in [6.45, 7) is 2.24. The van der Waals surface area contributed by atoms with E-state index in [2.05, 4.69) is 4.98 Å². The summed E-state index contributed by atoms with van der Waals surface area (Å²) in [5.74, 6) is 0. The van der Waals surface area contributed by atoms with Crippen LogP contribution in [-0.2, 0) is 6.54 Å². The normalized spacial score (nSPS) is 10.2. The lowest BCUT2D eigenvalue weighted by molar-refractivity contribution is 0.350. The molecule has 4 nitrogen and oxygen atoms in total. The number of aromatic nitrogens is 2. The number of aryl methyl sites for hydroxylation is 1. The molecule has 0 aliphatic rings. The Bertz CT molecular complexity index is 561. The quantitative estimate of drug-likeness (QED) is 0.804. The van der Waals surface area contributed by atoms with E-state index in [0.717, 1.165) is 5.56 Å². The SMILES string of the molecule is COc1nc(C)cc(=O)n1Cc1ccccc1. The first kappa shape index (κ1) is 11.4. The lowest BCUT2D eigenvalue weighted by Crippen LogP contribution is -2.23. The molecule has 0 saturated carbocycles. The van der Waals surface area contributed by atoms with E-state index < -0.39 is 0 Å². The topological polar surface area (TPSA) is 44.1 Å². The third-order valence-electron chi connectivity index (χ3n) is 2.47. The van der Waals surface area contributed by atoms with Crippen LogP contribution in [0.25, 0.3) is 0 Å². The van der Waals surface area contributed by atoms with Crippen molar-refractivity contribution in [1.82, 2.24) is 9.55 Å². The first-order valence-corrected chi connectivity index (χ1v) is 5.37. The van der Waals surface area contributed by atoms with Gasteiger partial charge in [-0.15, -0.1) is 0 Å². The molecule has 1 aromatic carbocycles. The number of ether oxygens (including phenoxy) is 1. The van der Waals surface area contributed by atoms with Crippen LogP contribution in [0.1, 0.15) is 11.3 Å². The molecule has 0 bridgehead atoms. The molecule has 2 rings (SSSR count). The third-order valence-corrected chi connectivity index (χ3v) is 2.47. The molecular formula is C13H14N2O2. The van der Waals surface area contributed by atoms with Gasteiger partial charge >= 0.3 is 0 Å². The minimum absolute atomic E-state index is 0.0989. The van der Waals surface area contributed by atoms with E-state index in [-0.39, 0.29) is 5.56 Å². The van der Waals surface area contributed by atoms with Gasteiger partial charge in [0.05, 0.1) is 13.7 Å². The van der Waals surface area contributed by atoms with Crippen LogP contribution in [0.15, 0.2) is 41.2 Å². The van der Waals surface area contributed by atoms with Crippen LogP contribution >= 0.6 is 0 Å². The van der Waals surface area contributed by atoms with Gasteiger partial charge in [-0.2, -0.15) is 0 Å². The van der Waals surface area contributed by atoms with Crippen molar-refractivity contribution < 1.29 is 4.74 Å². The molecular weight excluding hydrogens is 216 g/mol. The van der Waals surface area contributed by atoms with Gasteiger partial charge in [0.2, 0.25) is 0 Å². The van der Waals surface area contributed by atoms with Crippen LogP contribution in [0.4, 0.5) is 0 Å². The Morgan fingerprint density at radius 1 is 1.29 bits per heavy atom. The van der Waals surface area contributed by atoms with E-state index in [4.69, 9.17) is 4.74 Å². The number of hydrogen-bond donors (Lipinski definition) is 0.